The standard InChI is InChI=1S/C21H20N6O3S/c1-15(16-7-4-3-5-8-16)30-31(29-2)20(18-10-12-23-14-24-18)26-27-21(31)25-19(28)17-9-6-11-22-13-17/h3-15H,1-2H3,(H,25,27,28). The normalized spacial score (nSPS) is 20.8. The van der Waals surface area contributed by atoms with Crippen molar-refractivity contribution >= 4 is 26.7 Å². The highest BCUT2D eigenvalue weighted by Crippen LogP contribution is 2.58. The Kier molecular flexibility index (Phi) is 6.12. The predicted octanol–water partition coefficient (Wildman–Crippen LogP) is 3.39. The molecule has 2 unspecified atom stereocenters. The van der Waals surface area contributed by atoms with Gasteiger partial charge < -0.3 is 0 Å². The molecule has 2 aromatic heterocycles. The van der Waals surface area contributed by atoms with E-state index in [0.717, 1.165) is 5.56 Å². The topological polar surface area (TPSA) is 111 Å². The van der Waals surface area contributed by atoms with E-state index in [9.17, 15) is 4.79 Å². The van der Waals surface area contributed by atoms with E-state index in [1.54, 1.807) is 30.6 Å². The number of nitrogens with zero attached hydrogens (tertiary/aromatic N) is 5. The highest BCUT2D eigenvalue weighted by atomic mass is 32.3. The molecule has 1 amide bonds. The number of carbonyl (C=O) groups is 1. The summed E-state index contributed by atoms with van der Waals surface area (Å²) in [5.74, 6) is -0.393. The van der Waals surface area contributed by atoms with Gasteiger partial charge in [-0.25, -0.2) is 9.97 Å². The van der Waals surface area contributed by atoms with Crippen LogP contribution in [0.15, 0.2) is 83.7 Å². The van der Waals surface area contributed by atoms with Crippen LogP contribution < -0.4 is 5.32 Å². The van der Waals surface area contributed by atoms with Crippen LogP contribution in [-0.2, 0) is 8.37 Å². The lowest BCUT2D eigenvalue weighted by molar-refractivity contribution is 0.0976. The van der Waals surface area contributed by atoms with Gasteiger partial charge in [-0.2, -0.15) is 0 Å². The third-order valence-electron chi connectivity index (χ3n) is 4.47. The molecule has 1 aromatic carbocycles. The van der Waals surface area contributed by atoms with Crippen molar-refractivity contribution in [2.24, 2.45) is 10.2 Å². The van der Waals surface area contributed by atoms with Gasteiger partial charge in [0, 0.05) is 18.6 Å². The van der Waals surface area contributed by atoms with Crippen molar-refractivity contribution in [1.29, 1.82) is 0 Å². The zero-order chi connectivity index (χ0) is 21.7. The molecule has 1 N–H and O–H groups in total. The Labute approximate surface area is 181 Å². The average molecular weight is 436 g/mol. The summed E-state index contributed by atoms with van der Waals surface area (Å²) in [7, 11) is -1.23. The smallest absolute Gasteiger partial charge is 0.259 e. The van der Waals surface area contributed by atoms with Gasteiger partial charge >= 0.3 is 0 Å². The number of hydrogen-bond acceptors (Lipinski definition) is 8. The molecule has 0 bridgehead atoms. The van der Waals surface area contributed by atoms with E-state index >= 15 is 0 Å². The minimum absolute atomic E-state index is 0.181. The second-order valence-electron chi connectivity index (χ2n) is 6.42. The predicted molar refractivity (Wildman–Crippen MR) is 118 cm³/mol. The Balaban J connectivity index is 1.69. The monoisotopic (exact) mass is 436 g/mol. The van der Waals surface area contributed by atoms with Crippen LogP contribution in [0.3, 0.4) is 0 Å². The van der Waals surface area contributed by atoms with Gasteiger partial charge in [0.2, 0.25) is 10.2 Å². The SMILES string of the molecule is COS1(OC(C)c2ccccc2)C(NC(=O)c2cccnc2)=NN=C1c1ccncn1. The minimum atomic E-state index is -2.73. The van der Waals surface area contributed by atoms with Gasteiger partial charge in [-0.3, -0.25) is 23.5 Å². The van der Waals surface area contributed by atoms with Crippen LogP contribution in [0.5, 0.6) is 0 Å². The number of rotatable bonds is 6. The molecule has 31 heavy (non-hydrogen) atoms. The van der Waals surface area contributed by atoms with Crippen LogP contribution in [-0.4, -0.2) is 38.2 Å². The van der Waals surface area contributed by atoms with E-state index in [4.69, 9.17) is 8.37 Å². The summed E-state index contributed by atoms with van der Waals surface area (Å²) < 4.78 is 12.4. The van der Waals surface area contributed by atoms with Gasteiger partial charge in [0.1, 0.15) is 18.1 Å². The van der Waals surface area contributed by atoms with Crippen LogP contribution in [0.25, 0.3) is 0 Å². The summed E-state index contributed by atoms with van der Waals surface area (Å²) in [4.78, 5) is 25.0. The number of hydrogen-bond donors (Lipinski definition) is 1. The minimum Gasteiger partial charge on any atom is -0.291 e. The molecule has 0 saturated heterocycles. The van der Waals surface area contributed by atoms with Crippen molar-refractivity contribution < 1.29 is 13.2 Å². The van der Waals surface area contributed by atoms with E-state index in [1.807, 2.05) is 37.3 Å². The molecule has 0 saturated carbocycles. The molecule has 3 aromatic rings. The van der Waals surface area contributed by atoms with Crippen LogP contribution in [0.1, 0.15) is 34.6 Å². The van der Waals surface area contributed by atoms with E-state index in [0.29, 0.717) is 16.3 Å². The van der Waals surface area contributed by atoms with Gasteiger partial charge in [-0.05, 0) is 30.7 Å². The molecule has 10 heteroatoms. The fraction of sp³-hybridized carbons (Fsp3) is 0.143. The molecule has 9 nitrogen and oxygen atoms in total. The quantitative estimate of drug-likeness (QED) is 0.634. The molecular formula is C21H20N6O3S. The summed E-state index contributed by atoms with van der Waals surface area (Å²) in [6.07, 6.45) is 5.69. The maximum absolute atomic E-state index is 12.8. The highest BCUT2D eigenvalue weighted by molar-refractivity contribution is 8.49. The van der Waals surface area contributed by atoms with E-state index in [-0.39, 0.29) is 11.3 Å². The molecule has 4 rings (SSSR count). The third-order valence-corrected chi connectivity index (χ3v) is 6.99. The zero-order valence-electron chi connectivity index (χ0n) is 16.9. The first-order chi connectivity index (χ1) is 15.1. The molecule has 1 aliphatic heterocycles. The van der Waals surface area contributed by atoms with Gasteiger partial charge in [0.25, 0.3) is 5.91 Å². The summed E-state index contributed by atoms with van der Waals surface area (Å²) >= 11 is 0. The Morgan fingerprint density at radius 3 is 2.55 bits per heavy atom. The summed E-state index contributed by atoms with van der Waals surface area (Å²) in [5.41, 5.74) is 1.82. The Morgan fingerprint density at radius 2 is 1.87 bits per heavy atom. The first-order valence-electron chi connectivity index (χ1n) is 9.39. The van der Waals surface area contributed by atoms with E-state index < -0.39 is 16.5 Å². The molecule has 0 aliphatic carbocycles. The molecule has 0 fully saturated rings. The number of amides is 1. The number of carbonyl (C=O) groups excluding carboxylic acids is 1. The second-order valence-corrected chi connectivity index (χ2v) is 8.73. The first kappa shape index (κ1) is 20.8. The lowest BCUT2D eigenvalue weighted by Gasteiger charge is -2.40. The summed E-state index contributed by atoms with van der Waals surface area (Å²) in [6, 6.07) is 14.7. The highest BCUT2D eigenvalue weighted by Gasteiger charge is 2.42. The lowest BCUT2D eigenvalue weighted by Crippen LogP contribution is -2.37. The van der Waals surface area contributed by atoms with Crippen molar-refractivity contribution in [3.63, 3.8) is 0 Å². The van der Waals surface area contributed by atoms with E-state index in [2.05, 4.69) is 30.5 Å². The average Bonchev–Trinajstić information content (AvgIpc) is 3.18. The molecule has 3 heterocycles. The maximum Gasteiger partial charge on any atom is 0.259 e. The van der Waals surface area contributed by atoms with Gasteiger partial charge in [-0.15, -0.1) is 10.2 Å². The Bertz CT molecular complexity index is 1110. The summed E-state index contributed by atoms with van der Waals surface area (Å²) in [5, 5.41) is 11.9. The first-order valence-corrected chi connectivity index (χ1v) is 10.9. The molecular weight excluding hydrogens is 416 g/mol. The van der Waals surface area contributed by atoms with Crippen LogP contribution in [0, 0.1) is 0 Å². The maximum atomic E-state index is 12.8. The number of nitrogens with one attached hydrogen (secondary N) is 1. The largest absolute Gasteiger partial charge is 0.291 e. The van der Waals surface area contributed by atoms with Crippen LogP contribution >= 0.6 is 10.6 Å². The van der Waals surface area contributed by atoms with Gasteiger partial charge in [0.05, 0.1) is 12.7 Å². The molecule has 158 valence electrons. The van der Waals surface area contributed by atoms with Gasteiger partial charge in [-0.1, -0.05) is 40.9 Å². The Hall–Kier alpha value is -3.47. The van der Waals surface area contributed by atoms with Crippen molar-refractivity contribution in [2.75, 3.05) is 7.11 Å². The molecule has 0 radical (unpaired) electrons. The van der Waals surface area contributed by atoms with Crippen LogP contribution in [0.4, 0.5) is 0 Å². The van der Waals surface area contributed by atoms with E-state index in [1.165, 1.54) is 19.6 Å². The van der Waals surface area contributed by atoms with Crippen molar-refractivity contribution in [3.05, 3.63) is 90.3 Å². The van der Waals surface area contributed by atoms with Crippen molar-refractivity contribution in [3.8, 4) is 0 Å². The van der Waals surface area contributed by atoms with Crippen LogP contribution in [0.2, 0.25) is 0 Å². The Morgan fingerprint density at radius 1 is 1.03 bits per heavy atom. The molecule has 2 atom stereocenters. The molecule has 1 aliphatic rings. The number of benzene rings is 1. The molecule has 0 spiro atoms. The second kappa shape index (κ2) is 9.13. The van der Waals surface area contributed by atoms with Crippen molar-refractivity contribution in [2.45, 2.75) is 13.0 Å². The number of pyridine rings is 1. The summed E-state index contributed by atoms with van der Waals surface area (Å²) in [6.45, 7) is 1.90. The fourth-order valence-corrected chi connectivity index (χ4v) is 5.12. The number of amidine groups is 1. The zero-order valence-corrected chi connectivity index (χ0v) is 17.7. The fourth-order valence-electron chi connectivity index (χ4n) is 2.93. The third kappa shape index (κ3) is 4.22. The lowest BCUT2D eigenvalue weighted by atomic mass is 10.1. The number of aromatic nitrogens is 3. The van der Waals surface area contributed by atoms with Gasteiger partial charge in [0.15, 0.2) is 0 Å². The van der Waals surface area contributed by atoms with Crippen molar-refractivity contribution in [1.82, 2.24) is 20.3 Å².